The number of rotatable bonds is 7. The fourth-order valence-corrected chi connectivity index (χ4v) is 2.55. The second-order valence-corrected chi connectivity index (χ2v) is 5.18. The summed E-state index contributed by atoms with van der Waals surface area (Å²) in [5, 5.41) is 13.2. The van der Waals surface area contributed by atoms with Crippen molar-refractivity contribution in [3.05, 3.63) is 46.8 Å². The standard InChI is InChI=1S/C17H21NO2/c1-2-3-4-5-6-10-17-15(13-19)12-14-9-7-8-11-16(14)18(17)20/h7-9,11-13H,2-6,10H2,1H3. The van der Waals surface area contributed by atoms with E-state index in [0.717, 1.165) is 29.2 Å². The SMILES string of the molecule is CCCCCCCc1c(C=O)cc2ccccc2[n+]1[O-]. The molecule has 0 spiro atoms. The van der Waals surface area contributed by atoms with E-state index in [1.54, 1.807) is 6.07 Å². The van der Waals surface area contributed by atoms with Gasteiger partial charge in [-0.1, -0.05) is 44.7 Å². The van der Waals surface area contributed by atoms with Crippen molar-refractivity contribution in [3.8, 4) is 0 Å². The van der Waals surface area contributed by atoms with Gasteiger partial charge in [0, 0.05) is 17.9 Å². The molecule has 106 valence electrons. The molecule has 0 bridgehead atoms. The highest BCUT2D eigenvalue weighted by Crippen LogP contribution is 2.16. The monoisotopic (exact) mass is 271 g/mol. The van der Waals surface area contributed by atoms with Gasteiger partial charge in [0.25, 0.3) is 0 Å². The van der Waals surface area contributed by atoms with E-state index in [9.17, 15) is 10.0 Å². The first-order valence-electron chi connectivity index (χ1n) is 7.37. The van der Waals surface area contributed by atoms with Gasteiger partial charge >= 0.3 is 0 Å². The summed E-state index contributed by atoms with van der Waals surface area (Å²) in [7, 11) is 0. The number of pyridine rings is 1. The van der Waals surface area contributed by atoms with Crippen molar-refractivity contribution in [2.24, 2.45) is 0 Å². The molecule has 0 aliphatic heterocycles. The van der Waals surface area contributed by atoms with Crippen LogP contribution in [-0.2, 0) is 6.42 Å². The number of aromatic nitrogens is 1. The highest BCUT2D eigenvalue weighted by atomic mass is 16.5. The van der Waals surface area contributed by atoms with Crippen LogP contribution in [0.15, 0.2) is 30.3 Å². The molecule has 0 radical (unpaired) electrons. The Balaban J connectivity index is 2.22. The lowest BCUT2D eigenvalue weighted by Gasteiger charge is -2.10. The van der Waals surface area contributed by atoms with Crippen molar-refractivity contribution >= 4 is 17.2 Å². The lowest BCUT2D eigenvalue weighted by Crippen LogP contribution is -2.34. The number of nitrogens with zero attached hydrogens (tertiary/aromatic N) is 1. The summed E-state index contributed by atoms with van der Waals surface area (Å²) in [5.74, 6) is 0. The Bertz CT molecular complexity index is 593. The summed E-state index contributed by atoms with van der Waals surface area (Å²) >= 11 is 0. The van der Waals surface area contributed by atoms with E-state index in [4.69, 9.17) is 0 Å². The summed E-state index contributed by atoms with van der Waals surface area (Å²) in [4.78, 5) is 11.2. The van der Waals surface area contributed by atoms with E-state index in [2.05, 4.69) is 6.92 Å². The minimum Gasteiger partial charge on any atom is -0.618 e. The minimum atomic E-state index is 0.522. The smallest absolute Gasteiger partial charge is 0.224 e. The van der Waals surface area contributed by atoms with E-state index in [0.29, 0.717) is 23.2 Å². The molecule has 0 amide bonds. The van der Waals surface area contributed by atoms with Crippen LogP contribution in [0.25, 0.3) is 10.9 Å². The van der Waals surface area contributed by atoms with Gasteiger partial charge in [-0.25, -0.2) is 0 Å². The van der Waals surface area contributed by atoms with E-state index < -0.39 is 0 Å². The summed E-state index contributed by atoms with van der Waals surface area (Å²) < 4.78 is 0.929. The molecule has 1 aromatic carbocycles. The van der Waals surface area contributed by atoms with Gasteiger partial charge in [-0.05, 0) is 18.6 Å². The van der Waals surface area contributed by atoms with Crippen molar-refractivity contribution in [2.45, 2.75) is 45.4 Å². The van der Waals surface area contributed by atoms with E-state index in [1.807, 2.05) is 24.3 Å². The van der Waals surface area contributed by atoms with Gasteiger partial charge in [0.05, 0.1) is 5.56 Å². The molecule has 0 N–H and O–H groups in total. The Hall–Kier alpha value is -1.90. The van der Waals surface area contributed by atoms with Crippen molar-refractivity contribution in [3.63, 3.8) is 0 Å². The Morgan fingerprint density at radius 1 is 1.15 bits per heavy atom. The average molecular weight is 271 g/mol. The van der Waals surface area contributed by atoms with Gasteiger partial charge in [-0.15, -0.1) is 0 Å². The van der Waals surface area contributed by atoms with Crippen LogP contribution in [0, 0.1) is 5.21 Å². The van der Waals surface area contributed by atoms with Gasteiger partial charge in [0.15, 0.2) is 6.29 Å². The lowest BCUT2D eigenvalue weighted by molar-refractivity contribution is -0.586. The first kappa shape index (κ1) is 14.5. The fraction of sp³-hybridized carbons (Fsp3) is 0.412. The third kappa shape index (κ3) is 3.16. The maximum atomic E-state index is 12.4. The van der Waals surface area contributed by atoms with Crippen molar-refractivity contribution in [1.82, 2.24) is 0 Å². The van der Waals surface area contributed by atoms with Gasteiger partial charge in [-0.3, -0.25) is 4.79 Å². The molecule has 0 aliphatic rings. The highest BCUT2D eigenvalue weighted by molar-refractivity contribution is 5.85. The molecule has 0 aliphatic carbocycles. The molecule has 20 heavy (non-hydrogen) atoms. The van der Waals surface area contributed by atoms with E-state index in [1.165, 1.54) is 19.3 Å². The van der Waals surface area contributed by atoms with Crippen LogP contribution in [-0.4, -0.2) is 6.29 Å². The quantitative estimate of drug-likeness (QED) is 0.333. The lowest BCUT2D eigenvalue weighted by atomic mass is 10.0. The molecular weight excluding hydrogens is 250 g/mol. The Kier molecular flexibility index (Phi) is 5.10. The summed E-state index contributed by atoms with van der Waals surface area (Å²) in [6.45, 7) is 2.18. The van der Waals surface area contributed by atoms with Gasteiger partial charge in [-0.2, -0.15) is 4.73 Å². The molecular formula is C17H21NO2. The van der Waals surface area contributed by atoms with Crippen LogP contribution in [0.2, 0.25) is 0 Å². The minimum absolute atomic E-state index is 0.522. The van der Waals surface area contributed by atoms with Crippen LogP contribution >= 0.6 is 0 Å². The van der Waals surface area contributed by atoms with Crippen LogP contribution in [0.5, 0.6) is 0 Å². The molecule has 3 nitrogen and oxygen atoms in total. The number of para-hydroxylation sites is 1. The summed E-state index contributed by atoms with van der Waals surface area (Å²) in [6.07, 6.45) is 7.17. The fourth-order valence-electron chi connectivity index (χ4n) is 2.55. The third-order valence-electron chi connectivity index (χ3n) is 3.69. The van der Waals surface area contributed by atoms with Crippen LogP contribution in [0.3, 0.4) is 0 Å². The molecule has 1 heterocycles. The number of aldehydes is 1. The molecule has 0 atom stereocenters. The Morgan fingerprint density at radius 3 is 2.65 bits per heavy atom. The number of carbonyl (C=O) groups excluding carboxylic acids is 1. The Morgan fingerprint density at radius 2 is 1.90 bits per heavy atom. The second-order valence-electron chi connectivity index (χ2n) is 5.18. The molecule has 0 fully saturated rings. The summed E-state index contributed by atoms with van der Waals surface area (Å²) in [6, 6.07) is 9.21. The third-order valence-corrected chi connectivity index (χ3v) is 3.69. The van der Waals surface area contributed by atoms with Crippen molar-refractivity contribution in [1.29, 1.82) is 0 Å². The number of fused-ring (bicyclic) bond motifs is 1. The van der Waals surface area contributed by atoms with Crippen molar-refractivity contribution in [2.75, 3.05) is 0 Å². The zero-order valence-electron chi connectivity index (χ0n) is 12.0. The zero-order chi connectivity index (χ0) is 14.4. The molecule has 1 aromatic heterocycles. The maximum absolute atomic E-state index is 12.4. The number of carbonyl (C=O) groups is 1. The number of unbranched alkanes of at least 4 members (excludes halogenated alkanes) is 4. The molecule has 2 aromatic rings. The predicted molar refractivity (Wildman–Crippen MR) is 80.8 cm³/mol. The zero-order valence-corrected chi connectivity index (χ0v) is 12.0. The second kappa shape index (κ2) is 7.04. The normalized spacial score (nSPS) is 10.8. The van der Waals surface area contributed by atoms with Crippen LogP contribution in [0.1, 0.15) is 55.1 Å². The van der Waals surface area contributed by atoms with E-state index in [-0.39, 0.29) is 0 Å². The molecule has 0 unspecified atom stereocenters. The van der Waals surface area contributed by atoms with Gasteiger partial charge in [0.2, 0.25) is 11.2 Å². The van der Waals surface area contributed by atoms with Crippen LogP contribution in [0.4, 0.5) is 0 Å². The number of benzene rings is 1. The topological polar surface area (TPSA) is 44.0 Å². The number of hydrogen-bond donors (Lipinski definition) is 0. The molecule has 0 saturated heterocycles. The van der Waals surface area contributed by atoms with Gasteiger partial charge in [0.1, 0.15) is 0 Å². The molecule has 2 rings (SSSR count). The Labute approximate surface area is 119 Å². The van der Waals surface area contributed by atoms with E-state index >= 15 is 0 Å². The maximum Gasteiger partial charge on any atom is 0.224 e. The highest BCUT2D eigenvalue weighted by Gasteiger charge is 2.16. The summed E-state index contributed by atoms with van der Waals surface area (Å²) in [5.41, 5.74) is 1.77. The largest absolute Gasteiger partial charge is 0.618 e. The molecule has 0 saturated carbocycles. The van der Waals surface area contributed by atoms with Gasteiger partial charge < -0.3 is 5.21 Å². The average Bonchev–Trinajstić information content (AvgIpc) is 2.48. The first-order valence-corrected chi connectivity index (χ1v) is 7.37. The predicted octanol–water partition coefficient (Wildman–Crippen LogP) is 3.80. The number of hydrogen-bond acceptors (Lipinski definition) is 2. The van der Waals surface area contributed by atoms with Crippen molar-refractivity contribution < 1.29 is 9.52 Å². The first-order chi connectivity index (χ1) is 9.77. The molecule has 3 heteroatoms. The van der Waals surface area contributed by atoms with Crippen LogP contribution < -0.4 is 4.73 Å².